The third kappa shape index (κ3) is 5.54. The summed E-state index contributed by atoms with van der Waals surface area (Å²) >= 11 is 5.85. The Hall–Kier alpha value is -1.89. The molecule has 0 unspecified atom stereocenters. The zero-order valence-electron chi connectivity index (χ0n) is 15.2. The first-order chi connectivity index (χ1) is 12.8. The van der Waals surface area contributed by atoms with Crippen LogP contribution in [0.4, 0.5) is 0 Å². The molecule has 0 aromatic heterocycles. The molecule has 2 aromatic rings. The van der Waals surface area contributed by atoms with Crippen LogP contribution in [0.1, 0.15) is 30.4 Å². The summed E-state index contributed by atoms with van der Waals surface area (Å²) in [5, 5.41) is 0.354. The van der Waals surface area contributed by atoms with E-state index in [0.29, 0.717) is 11.6 Å². The first-order valence-corrected chi connectivity index (χ1v) is 10.8. The molecule has 1 N–H and O–H groups in total. The molecular weight excluding hydrogens is 384 g/mol. The second kappa shape index (κ2) is 8.42. The van der Waals surface area contributed by atoms with Crippen molar-refractivity contribution in [2.75, 3.05) is 6.54 Å². The molecule has 27 heavy (non-hydrogen) atoms. The first kappa shape index (κ1) is 19.9. The lowest BCUT2D eigenvalue weighted by Crippen LogP contribution is -2.35. The van der Waals surface area contributed by atoms with Gasteiger partial charge in [-0.3, -0.25) is 4.79 Å². The Bertz CT molecular complexity index is 909. The minimum absolute atomic E-state index is 0.0353. The van der Waals surface area contributed by atoms with Crippen molar-refractivity contribution in [1.82, 2.24) is 9.62 Å². The number of sulfonamides is 1. The third-order valence-electron chi connectivity index (χ3n) is 4.52. The average molecular weight is 407 g/mol. The Kier molecular flexibility index (Phi) is 6.19. The van der Waals surface area contributed by atoms with E-state index in [4.69, 9.17) is 11.6 Å². The predicted molar refractivity (Wildman–Crippen MR) is 106 cm³/mol. The van der Waals surface area contributed by atoms with Crippen LogP contribution in [0.15, 0.2) is 53.4 Å². The van der Waals surface area contributed by atoms with Crippen molar-refractivity contribution in [3.05, 3.63) is 64.7 Å². The van der Waals surface area contributed by atoms with E-state index in [2.05, 4.69) is 4.72 Å². The SMILES string of the molecule is Cc1ccc(CN(C(=O)CCNS(=O)(=O)c2cccc(Cl)c2)C2CC2)cc1. The van der Waals surface area contributed by atoms with Crippen LogP contribution in [0.3, 0.4) is 0 Å². The number of hydrogen-bond donors (Lipinski definition) is 1. The predicted octanol–water partition coefficient (Wildman–Crippen LogP) is 3.51. The molecule has 1 aliphatic rings. The highest BCUT2D eigenvalue weighted by atomic mass is 35.5. The fourth-order valence-corrected chi connectivity index (χ4v) is 4.18. The number of carbonyl (C=O) groups is 1. The summed E-state index contributed by atoms with van der Waals surface area (Å²) in [7, 11) is -3.68. The van der Waals surface area contributed by atoms with Gasteiger partial charge < -0.3 is 4.90 Å². The molecule has 144 valence electrons. The minimum atomic E-state index is -3.68. The van der Waals surface area contributed by atoms with E-state index in [9.17, 15) is 13.2 Å². The van der Waals surface area contributed by atoms with Gasteiger partial charge in [-0.25, -0.2) is 13.1 Å². The highest BCUT2D eigenvalue weighted by Gasteiger charge is 2.32. The van der Waals surface area contributed by atoms with Gasteiger partial charge in [0.25, 0.3) is 0 Å². The van der Waals surface area contributed by atoms with Crippen LogP contribution in [0.25, 0.3) is 0 Å². The molecule has 0 atom stereocenters. The topological polar surface area (TPSA) is 66.5 Å². The maximum absolute atomic E-state index is 12.6. The number of halogens is 1. The van der Waals surface area contributed by atoms with Crippen molar-refractivity contribution in [1.29, 1.82) is 0 Å². The molecule has 0 bridgehead atoms. The third-order valence-corrected chi connectivity index (χ3v) is 6.21. The van der Waals surface area contributed by atoms with E-state index >= 15 is 0 Å². The fraction of sp³-hybridized carbons (Fsp3) is 0.350. The fourth-order valence-electron chi connectivity index (χ4n) is 2.85. The van der Waals surface area contributed by atoms with E-state index in [-0.39, 0.29) is 29.8 Å². The van der Waals surface area contributed by atoms with Gasteiger partial charge in [-0.2, -0.15) is 0 Å². The van der Waals surface area contributed by atoms with Crippen molar-refractivity contribution in [3.63, 3.8) is 0 Å². The zero-order valence-corrected chi connectivity index (χ0v) is 16.8. The molecule has 2 aromatic carbocycles. The van der Waals surface area contributed by atoms with Crippen molar-refractivity contribution in [2.24, 2.45) is 0 Å². The number of nitrogens with zero attached hydrogens (tertiary/aromatic N) is 1. The molecule has 0 saturated heterocycles. The number of hydrogen-bond acceptors (Lipinski definition) is 3. The summed E-state index contributed by atoms with van der Waals surface area (Å²) in [5.74, 6) is -0.0353. The highest BCUT2D eigenvalue weighted by molar-refractivity contribution is 7.89. The molecule has 0 radical (unpaired) electrons. The number of aryl methyl sites for hydroxylation is 1. The normalized spacial score (nSPS) is 14.1. The summed E-state index contributed by atoms with van der Waals surface area (Å²) < 4.78 is 27.1. The van der Waals surface area contributed by atoms with Crippen LogP contribution in [-0.2, 0) is 21.4 Å². The number of carbonyl (C=O) groups excluding carboxylic acids is 1. The van der Waals surface area contributed by atoms with Gasteiger partial charge in [-0.1, -0.05) is 47.5 Å². The quantitative estimate of drug-likeness (QED) is 0.729. The lowest BCUT2D eigenvalue weighted by molar-refractivity contribution is -0.132. The maximum atomic E-state index is 12.6. The van der Waals surface area contributed by atoms with Gasteiger partial charge in [-0.05, 0) is 43.5 Å². The van der Waals surface area contributed by atoms with Crippen LogP contribution in [0.2, 0.25) is 5.02 Å². The van der Waals surface area contributed by atoms with E-state index < -0.39 is 10.0 Å². The Balaban J connectivity index is 1.57. The van der Waals surface area contributed by atoms with Gasteiger partial charge in [0.1, 0.15) is 0 Å². The van der Waals surface area contributed by atoms with Gasteiger partial charge in [0.15, 0.2) is 0 Å². The van der Waals surface area contributed by atoms with Gasteiger partial charge in [0, 0.05) is 30.6 Å². The Morgan fingerprint density at radius 2 is 1.89 bits per heavy atom. The lowest BCUT2D eigenvalue weighted by Gasteiger charge is -2.23. The van der Waals surface area contributed by atoms with Crippen molar-refractivity contribution < 1.29 is 13.2 Å². The van der Waals surface area contributed by atoms with Gasteiger partial charge >= 0.3 is 0 Å². The highest BCUT2D eigenvalue weighted by Crippen LogP contribution is 2.29. The summed E-state index contributed by atoms with van der Waals surface area (Å²) in [5.41, 5.74) is 2.26. The lowest BCUT2D eigenvalue weighted by atomic mass is 10.1. The second-order valence-electron chi connectivity index (χ2n) is 6.84. The number of benzene rings is 2. The largest absolute Gasteiger partial charge is 0.335 e. The molecule has 3 rings (SSSR count). The van der Waals surface area contributed by atoms with Crippen LogP contribution in [0.5, 0.6) is 0 Å². The van der Waals surface area contributed by atoms with Crippen LogP contribution in [-0.4, -0.2) is 31.8 Å². The Labute approximate surface area is 165 Å². The van der Waals surface area contributed by atoms with Crippen LogP contribution < -0.4 is 4.72 Å². The van der Waals surface area contributed by atoms with Crippen molar-refractivity contribution in [3.8, 4) is 0 Å². The smallest absolute Gasteiger partial charge is 0.240 e. The van der Waals surface area contributed by atoms with Crippen molar-refractivity contribution in [2.45, 2.75) is 43.7 Å². The summed E-state index contributed by atoms with van der Waals surface area (Å²) in [4.78, 5) is 14.6. The molecule has 0 spiro atoms. The number of nitrogens with one attached hydrogen (secondary N) is 1. The molecular formula is C20H23ClN2O3S. The standard InChI is InChI=1S/C20H23ClN2O3S/c1-15-5-7-16(8-6-15)14-23(18-9-10-18)20(24)11-12-22-27(25,26)19-4-2-3-17(21)13-19/h2-8,13,18,22H,9-12,14H2,1H3. The molecule has 1 saturated carbocycles. The van der Waals surface area contributed by atoms with Crippen LogP contribution >= 0.6 is 11.6 Å². The number of amides is 1. The minimum Gasteiger partial charge on any atom is -0.335 e. The van der Waals surface area contributed by atoms with E-state index in [1.54, 1.807) is 12.1 Å². The van der Waals surface area contributed by atoms with E-state index in [1.165, 1.54) is 17.7 Å². The first-order valence-electron chi connectivity index (χ1n) is 8.95. The van der Waals surface area contributed by atoms with Gasteiger partial charge in [0.05, 0.1) is 4.90 Å². The van der Waals surface area contributed by atoms with Crippen molar-refractivity contribution >= 4 is 27.5 Å². The molecule has 7 heteroatoms. The molecule has 1 fully saturated rings. The number of rotatable bonds is 8. The zero-order chi connectivity index (χ0) is 19.4. The summed E-state index contributed by atoms with van der Waals surface area (Å²) in [6.07, 6.45) is 2.14. The van der Waals surface area contributed by atoms with Crippen LogP contribution in [0, 0.1) is 6.92 Å². The molecule has 0 heterocycles. The van der Waals surface area contributed by atoms with Gasteiger partial charge in [-0.15, -0.1) is 0 Å². The molecule has 1 aliphatic carbocycles. The van der Waals surface area contributed by atoms with E-state index in [0.717, 1.165) is 18.4 Å². The Morgan fingerprint density at radius 1 is 1.19 bits per heavy atom. The monoisotopic (exact) mass is 406 g/mol. The maximum Gasteiger partial charge on any atom is 0.240 e. The molecule has 5 nitrogen and oxygen atoms in total. The summed E-state index contributed by atoms with van der Waals surface area (Å²) in [6.45, 7) is 2.65. The Morgan fingerprint density at radius 3 is 2.52 bits per heavy atom. The average Bonchev–Trinajstić information content (AvgIpc) is 3.46. The second-order valence-corrected chi connectivity index (χ2v) is 9.05. The van der Waals surface area contributed by atoms with Gasteiger partial charge in [0.2, 0.25) is 15.9 Å². The van der Waals surface area contributed by atoms with E-state index in [1.807, 2.05) is 36.1 Å². The molecule has 0 aliphatic heterocycles. The summed E-state index contributed by atoms with van der Waals surface area (Å²) in [6, 6.07) is 14.4. The molecule has 1 amide bonds.